The highest BCUT2D eigenvalue weighted by molar-refractivity contribution is 7.89. The van der Waals surface area contributed by atoms with Crippen molar-refractivity contribution in [2.75, 3.05) is 31.1 Å². The average Bonchev–Trinajstić information content (AvgIpc) is 3.44. The molecule has 4 heterocycles. The first-order chi connectivity index (χ1) is 20.8. The zero-order valence-electron chi connectivity index (χ0n) is 23.8. The summed E-state index contributed by atoms with van der Waals surface area (Å²) in [6, 6.07) is 11.6. The van der Waals surface area contributed by atoms with Crippen LogP contribution in [0.4, 0.5) is 5.95 Å². The smallest absolute Gasteiger partial charge is 0.335 e. The number of anilines is 1. The van der Waals surface area contributed by atoms with Crippen molar-refractivity contribution in [2.45, 2.75) is 50.0 Å². The van der Waals surface area contributed by atoms with Crippen LogP contribution in [0.25, 0.3) is 15.8 Å². The molecule has 0 spiro atoms. The highest BCUT2D eigenvalue weighted by Gasteiger charge is 2.28. The van der Waals surface area contributed by atoms with E-state index in [-0.39, 0.29) is 23.1 Å². The third-order valence-electron chi connectivity index (χ3n) is 7.85. The number of aromatic carboxylic acids is 1. The molecule has 1 fully saturated rings. The number of aromatic nitrogens is 3. The Morgan fingerprint density at radius 2 is 1.88 bits per heavy atom. The molecule has 0 radical (unpaired) electrons. The summed E-state index contributed by atoms with van der Waals surface area (Å²) in [6.07, 6.45) is 10.2. The maximum Gasteiger partial charge on any atom is 0.335 e. The number of aryl methyl sites for hydroxylation is 1. The van der Waals surface area contributed by atoms with E-state index in [0.717, 1.165) is 66.1 Å². The zero-order valence-corrected chi connectivity index (χ0v) is 25.5. The Hall–Kier alpha value is -3.87. The van der Waals surface area contributed by atoms with Gasteiger partial charge in [-0.3, -0.25) is 0 Å². The van der Waals surface area contributed by atoms with Crippen LogP contribution in [0.3, 0.4) is 0 Å². The standard InChI is InChI=1S/C31H33N5O5S2/c1-2-4-21-19-32-30(33-20-21)35-13-11-25(12-14-35)41-31-34-27-8-7-23(18-28(27)42-31)22-9-15-36(16-10-22)43(39,40)26-6-3-5-24(17-26)29(37)38/h3,5-9,17-20,25H,2,4,10-16H2,1H3,(H,37,38). The maximum atomic E-state index is 13.1. The van der Waals surface area contributed by atoms with Crippen LogP contribution >= 0.6 is 11.3 Å². The Kier molecular flexibility index (Phi) is 8.42. The number of piperidine rings is 1. The van der Waals surface area contributed by atoms with Gasteiger partial charge in [0.15, 0.2) is 0 Å². The van der Waals surface area contributed by atoms with Gasteiger partial charge in [0.2, 0.25) is 16.0 Å². The molecule has 43 heavy (non-hydrogen) atoms. The minimum absolute atomic E-state index is 0.0112. The van der Waals surface area contributed by atoms with E-state index in [1.165, 1.54) is 45.5 Å². The van der Waals surface area contributed by atoms with Crippen molar-refractivity contribution in [3.8, 4) is 5.19 Å². The number of rotatable bonds is 9. The van der Waals surface area contributed by atoms with Crippen LogP contribution in [0, 0.1) is 0 Å². The van der Waals surface area contributed by atoms with Crippen molar-refractivity contribution >= 4 is 49.1 Å². The van der Waals surface area contributed by atoms with Crippen molar-refractivity contribution < 1.29 is 23.1 Å². The van der Waals surface area contributed by atoms with Crippen LogP contribution in [0.5, 0.6) is 5.19 Å². The number of nitrogens with zero attached hydrogens (tertiary/aromatic N) is 5. The molecular weight excluding hydrogens is 587 g/mol. The lowest BCUT2D eigenvalue weighted by atomic mass is 10.0. The van der Waals surface area contributed by atoms with E-state index in [2.05, 4.69) is 27.9 Å². The van der Waals surface area contributed by atoms with E-state index >= 15 is 0 Å². The highest BCUT2D eigenvalue weighted by Crippen LogP contribution is 2.34. The molecule has 2 aliphatic heterocycles. The summed E-state index contributed by atoms with van der Waals surface area (Å²) in [4.78, 5) is 27.3. The minimum atomic E-state index is -3.80. The Balaban J connectivity index is 1.08. The second-order valence-corrected chi connectivity index (χ2v) is 13.7. The van der Waals surface area contributed by atoms with E-state index in [9.17, 15) is 18.3 Å². The molecule has 0 saturated carbocycles. The average molecular weight is 620 g/mol. The Morgan fingerprint density at radius 1 is 1.09 bits per heavy atom. The lowest BCUT2D eigenvalue weighted by molar-refractivity contribution is 0.0696. The molecule has 0 unspecified atom stereocenters. The molecule has 1 N–H and O–H groups in total. The van der Waals surface area contributed by atoms with Gasteiger partial charge in [-0.2, -0.15) is 4.31 Å². The number of ether oxygens (including phenoxy) is 1. The normalized spacial score (nSPS) is 16.8. The topological polar surface area (TPSA) is 126 Å². The molecule has 0 atom stereocenters. The van der Waals surface area contributed by atoms with Gasteiger partial charge in [-0.05, 0) is 59.9 Å². The van der Waals surface area contributed by atoms with Gasteiger partial charge >= 0.3 is 5.97 Å². The predicted molar refractivity (Wildman–Crippen MR) is 166 cm³/mol. The number of carbonyl (C=O) groups is 1. The first-order valence-corrected chi connectivity index (χ1v) is 16.7. The third kappa shape index (κ3) is 6.41. The summed E-state index contributed by atoms with van der Waals surface area (Å²) in [6.45, 7) is 4.35. The first-order valence-electron chi connectivity index (χ1n) is 14.5. The number of thiazole rings is 1. The summed E-state index contributed by atoms with van der Waals surface area (Å²) >= 11 is 1.53. The summed E-state index contributed by atoms with van der Waals surface area (Å²) in [5, 5.41) is 9.90. The molecule has 1 saturated heterocycles. The van der Waals surface area contributed by atoms with E-state index in [1.54, 1.807) is 0 Å². The molecular formula is C31H33N5O5S2. The quantitative estimate of drug-likeness (QED) is 0.267. The van der Waals surface area contributed by atoms with Crippen molar-refractivity contribution in [2.24, 2.45) is 0 Å². The van der Waals surface area contributed by atoms with Crippen LogP contribution < -0.4 is 9.64 Å². The van der Waals surface area contributed by atoms with Crippen LogP contribution in [0.15, 0.2) is 65.8 Å². The highest BCUT2D eigenvalue weighted by atomic mass is 32.2. The van der Waals surface area contributed by atoms with Gasteiger partial charge in [0.1, 0.15) is 6.10 Å². The molecule has 10 nitrogen and oxygen atoms in total. The SMILES string of the molecule is CCCc1cnc(N2CCC(Oc3nc4ccc(C5=CCN(S(=O)(=O)c6cccc(C(=O)O)c6)CC5)cc4s3)CC2)nc1. The van der Waals surface area contributed by atoms with E-state index < -0.39 is 16.0 Å². The molecule has 2 aromatic heterocycles. The fourth-order valence-corrected chi connectivity index (χ4v) is 7.82. The summed E-state index contributed by atoms with van der Waals surface area (Å²) in [5.74, 6) is -0.384. The lowest BCUT2D eigenvalue weighted by Gasteiger charge is -2.31. The fourth-order valence-electron chi connectivity index (χ4n) is 5.47. The van der Waals surface area contributed by atoms with Gasteiger partial charge in [0.25, 0.3) is 5.19 Å². The van der Waals surface area contributed by atoms with Crippen LogP contribution in [-0.2, 0) is 16.4 Å². The molecule has 0 amide bonds. The molecule has 0 bridgehead atoms. The van der Waals surface area contributed by atoms with Crippen molar-refractivity contribution in [3.05, 3.63) is 77.6 Å². The molecule has 4 aromatic rings. The number of hydrogen-bond donors (Lipinski definition) is 1. The molecule has 2 aromatic carbocycles. The second-order valence-electron chi connectivity index (χ2n) is 10.8. The number of sulfonamides is 1. The fraction of sp³-hybridized carbons (Fsp3) is 0.355. The number of fused-ring (bicyclic) bond motifs is 1. The zero-order chi connectivity index (χ0) is 30.0. The second kappa shape index (κ2) is 12.4. The van der Waals surface area contributed by atoms with Crippen molar-refractivity contribution in [1.29, 1.82) is 0 Å². The van der Waals surface area contributed by atoms with Crippen LogP contribution in [0.2, 0.25) is 0 Å². The van der Waals surface area contributed by atoms with Gasteiger partial charge in [-0.15, -0.1) is 0 Å². The van der Waals surface area contributed by atoms with Gasteiger partial charge in [0.05, 0.1) is 20.7 Å². The number of carboxylic acid groups (broad SMARTS) is 1. The summed E-state index contributed by atoms with van der Waals surface area (Å²) in [7, 11) is -3.80. The van der Waals surface area contributed by atoms with Crippen molar-refractivity contribution in [3.63, 3.8) is 0 Å². The van der Waals surface area contributed by atoms with E-state index in [1.807, 2.05) is 30.6 Å². The Bertz CT molecular complexity index is 1760. The Labute approximate surface area is 254 Å². The van der Waals surface area contributed by atoms with E-state index in [0.29, 0.717) is 18.2 Å². The molecule has 12 heteroatoms. The first kappa shape index (κ1) is 29.2. The van der Waals surface area contributed by atoms with Gasteiger partial charge in [-0.1, -0.05) is 42.9 Å². The monoisotopic (exact) mass is 619 g/mol. The molecule has 0 aliphatic carbocycles. The predicted octanol–water partition coefficient (Wildman–Crippen LogP) is 5.26. The van der Waals surface area contributed by atoms with E-state index in [4.69, 9.17) is 9.72 Å². The van der Waals surface area contributed by atoms with Crippen LogP contribution in [0.1, 0.15) is 54.1 Å². The number of benzene rings is 2. The molecule has 2 aliphatic rings. The lowest BCUT2D eigenvalue weighted by Crippen LogP contribution is -2.39. The summed E-state index contributed by atoms with van der Waals surface area (Å²) in [5.41, 5.74) is 4.09. The van der Waals surface area contributed by atoms with Gasteiger partial charge < -0.3 is 14.7 Å². The summed E-state index contributed by atoms with van der Waals surface area (Å²) < 4.78 is 35.0. The van der Waals surface area contributed by atoms with Gasteiger partial charge in [0, 0.05) is 51.4 Å². The third-order valence-corrected chi connectivity index (χ3v) is 10.6. The molecule has 6 rings (SSSR count). The largest absolute Gasteiger partial charge is 0.478 e. The van der Waals surface area contributed by atoms with Gasteiger partial charge in [-0.25, -0.2) is 28.2 Å². The van der Waals surface area contributed by atoms with Crippen LogP contribution in [-0.4, -0.2) is 71.0 Å². The number of carboxylic acids is 1. The minimum Gasteiger partial charge on any atom is -0.478 e. The number of hydrogen-bond acceptors (Lipinski definition) is 9. The maximum absolute atomic E-state index is 13.1. The molecule has 224 valence electrons. The Morgan fingerprint density at radius 3 is 2.58 bits per heavy atom. The van der Waals surface area contributed by atoms with Crippen molar-refractivity contribution in [1.82, 2.24) is 19.3 Å².